The molecule has 3 rings (SSSR count). The Morgan fingerprint density at radius 1 is 1.18 bits per heavy atom. The molecular weight excluding hydrogens is 389 g/mol. The third kappa shape index (κ3) is 4.51. The van der Waals surface area contributed by atoms with Crippen molar-refractivity contribution in [2.75, 3.05) is 12.4 Å². The van der Waals surface area contributed by atoms with Gasteiger partial charge in [-0.15, -0.1) is 24.0 Å². The molecule has 0 heterocycles. The largest absolute Gasteiger partial charge is 0.497 e. The number of hydrogen-bond donors (Lipinski definition) is 2. The minimum atomic E-state index is 0. The van der Waals surface area contributed by atoms with Crippen LogP contribution in [0.4, 0.5) is 5.69 Å². The first-order chi connectivity index (χ1) is 10.3. The summed E-state index contributed by atoms with van der Waals surface area (Å²) in [6.07, 6.45) is 8.22. The second-order valence-electron chi connectivity index (χ2n) is 6.23. The predicted molar refractivity (Wildman–Crippen MR) is 102 cm³/mol. The number of benzene rings is 1. The highest BCUT2D eigenvalue weighted by atomic mass is 127. The molecule has 5 heteroatoms. The molecule has 0 amide bonds. The number of nitrogens with one attached hydrogen (secondary N) is 1. The second-order valence-corrected chi connectivity index (χ2v) is 6.23. The monoisotopic (exact) mass is 415 g/mol. The van der Waals surface area contributed by atoms with Gasteiger partial charge in [-0.3, -0.25) is 0 Å². The molecule has 2 unspecified atom stereocenters. The smallest absolute Gasteiger partial charge is 0.193 e. The van der Waals surface area contributed by atoms with Crippen molar-refractivity contribution in [2.45, 2.75) is 44.6 Å². The Kier molecular flexibility index (Phi) is 6.35. The van der Waals surface area contributed by atoms with Gasteiger partial charge in [-0.1, -0.05) is 32.1 Å². The number of rotatable bonds is 4. The zero-order valence-electron chi connectivity index (χ0n) is 13.1. The summed E-state index contributed by atoms with van der Waals surface area (Å²) >= 11 is 0. The Morgan fingerprint density at radius 3 is 2.50 bits per heavy atom. The van der Waals surface area contributed by atoms with Crippen molar-refractivity contribution in [1.29, 1.82) is 0 Å². The molecular formula is C17H26IN3O. The molecule has 4 nitrogen and oxygen atoms in total. The van der Waals surface area contributed by atoms with E-state index in [1.54, 1.807) is 7.11 Å². The highest BCUT2D eigenvalue weighted by molar-refractivity contribution is 14.0. The van der Waals surface area contributed by atoms with Crippen molar-refractivity contribution in [3.05, 3.63) is 24.3 Å². The van der Waals surface area contributed by atoms with E-state index < -0.39 is 0 Å². The Labute approximate surface area is 149 Å². The van der Waals surface area contributed by atoms with Crippen LogP contribution in [0.15, 0.2) is 29.3 Å². The lowest BCUT2D eigenvalue weighted by Crippen LogP contribution is -2.23. The van der Waals surface area contributed by atoms with Gasteiger partial charge in [0.1, 0.15) is 5.75 Å². The zero-order valence-corrected chi connectivity index (χ0v) is 15.5. The maximum atomic E-state index is 6.02. The highest BCUT2D eigenvalue weighted by Gasteiger charge is 2.43. The summed E-state index contributed by atoms with van der Waals surface area (Å²) in [6, 6.07) is 8.17. The molecule has 0 radical (unpaired) electrons. The van der Waals surface area contributed by atoms with Gasteiger partial charge in [-0.2, -0.15) is 0 Å². The van der Waals surface area contributed by atoms with E-state index in [-0.39, 0.29) is 24.0 Å². The molecule has 2 atom stereocenters. The van der Waals surface area contributed by atoms with Crippen LogP contribution in [-0.2, 0) is 0 Å². The van der Waals surface area contributed by atoms with E-state index >= 15 is 0 Å². The molecule has 122 valence electrons. The van der Waals surface area contributed by atoms with Crippen molar-refractivity contribution in [1.82, 2.24) is 0 Å². The molecule has 3 N–H and O–H groups in total. The maximum absolute atomic E-state index is 6.02. The highest BCUT2D eigenvalue weighted by Crippen LogP contribution is 2.46. The molecule has 0 bridgehead atoms. The van der Waals surface area contributed by atoms with Crippen LogP contribution in [0.2, 0.25) is 0 Å². The summed E-state index contributed by atoms with van der Waals surface area (Å²) in [5.41, 5.74) is 6.97. The first kappa shape index (κ1) is 17.4. The SMILES string of the molecule is COc1ccc(NC(N)=NC2CC2C2CCCCC2)cc1.I. The van der Waals surface area contributed by atoms with E-state index in [0.29, 0.717) is 12.0 Å². The fourth-order valence-electron chi connectivity index (χ4n) is 3.45. The lowest BCUT2D eigenvalue weighted by atomic mass is 9.85. The maximum Gasteiger partial charge on any atom is 0.193 e. The number of nitrogens with two attached hydrogens (primary N) is 1. The van der Waals surface area contributed by atoms with Gasteiger partial charge in [0.25, 0.3) is 0 Å². The molecule has 1 aromatic carbocycles. The summed E-state index contributed by atoms with van der Waals surface area (Å²) in [4.78, 5) is 4.64. The van der Waals surface area contributed by atoms with Crippen LogP contribution in [-0.4, -0.2) is 19.1 Å². The molecule has 0 spiro atoms. The van der Waals surface area contributed by atoms with E-state index in [1.807, 2.05) is 24.3 Å². The van der Waals surface area contributed by atoms with Crippen molar-refractivity contribution < 1.29 is 4.74 Å². The van der Waals surface area contributed by atoms with Gasteiger partial charge in [-0.25, -0.2) is 4.99 Å². The minimum Gasteiger partial charge on any atom is -0.497 e. The number of hydrogen-bond acceptors (Lipinski definition) is 2. The minimum absolute atomic E-state index is 0. The third-order valence-electron chi connectivity index (χ3n) is 4.73. The van der Waals surface area contributed by atoms with Gasteiger partial charge in [0, 0.05) is 5.69 Å². The summed E-state index contributed by atoms with van der Waals surface area (Å²) in [6.45, 7) is 0. The normalized spacial score (nSPS) is 25.2. The van der Waals surface area contributed by atoms with Gasteiger partial charge in [0.05, 0.1) is 13.2 Å². The molecule has 2 aliphatic rings. The topological polar surface area (TPSA) is 59.6 Å². The van der Waals surface area contributed by atoms with E-state index in [2.05, 4.69) is 10.3 Å². The first-order valence-electron chi connectivity index (χ1n) is 8.00. The fourth-order valence-corrected chi connectivity index (χ4v) is 3.45. The number of aliphatic imine (C=N–C) groups is 1. The molecule has 2 fully saturated rings. The van der Waals surface area contributed by atoms with Crippen LogP contribution in [0.5, 0.6) is 5.75 Å². The van der Waals surface area contributed by atoms with Gasteiger partial charge in [0.2, 0.25) is 0 Å². The van der Waals surface area contributed by atoms with Crippen molar-refractivity contribution in [3.8, 4) is 5.75 Å². The Hall–Kier alpha value is -0.980. The quantitative estimate of drug-likeness (QED) is 0.444. The summed E-state index contributed by atoms with van der Waals surface area (Å²) in [5.74, 6) is 3.04. The number of methoxy groups -OCH3 is 1. The average Bonchev–Trinajstić information content (AvgIpc) is 3.28. The number of guanidine groups is 1. The van der Waals surface area contributed by atoms with E-state index in [4.69, 9.17) is 10.5 Å². The zero-order chi connectivity index (χ0) is 14.7. The summed E-state index contributed by atoms with van der Waals surface area (Å²) in [7, 11) is 1.66. The van der Waals surface area contributed by atoms with Gasteiger partial charge >= 0.3 is 0 Å². The Morgan fingerprint density at radius 2 is 1.86 bits per heavy atom. The van der Waals surface area contributed by atoms with E-state index in [1.165, 1.54) is 38.5 Å². The van der Waals surface area contributed by atoms with Gasteiger partial charge in [-0.05, 0) is 42.5 Å². The van der Waals surface area contributed by atoms with Crippen molar-refractivity contribution in [3.63, 3.8) is 0 Å². The predicted octanol–water partition coefficient (Wildman–Crippen LogP) is 4.01. The van der Waals surface area contributed by atoms with Crippen LogP contribution in [0.3, 0.4) is 0 Å². The first-order valence-corrected chi connectivity index (χ1v) is 8.00. The van der Waals surface area contributed by atoms with Crippen LogP contribution in [0.1, 0.15) is 38.5 Å². The van der Waals surface area contributed by atoms with Crippen molar-refractivity contribution in [2.24, 2.45) is 22.6 Å². The molecule has 1 aromatic rings. The number of anilines is 1. The van der Waals surface area contributed by atoms with E-state index in [0.717, 1.165) is 23.3 Å². The summed E-state index contributed by atoms with van der Waals surface area (Å²) < 4.78 is 5.14. The second kappa shape index (κ2) is 8.04. The fraction of sp³-hybridized carbons (Fsp3) is 0.588. The molecule has 2 saturated carbocycles. The number of ether oxygens (including phenoxy) is 1. The van der Waals surface area contributed by atoms with Crippen molar-refractivity contribution >= 4 is 35.6 Å². The number of nitrogens with zero attached hydrogens (tertiary/aromatic N) is 1. The average molecular weight is 415 g/mol. The molecule has 2 aliphatic carbocycles. The number of halogens is 1. The molecule has 0 saturated heterocycles. The summed E-state index contributed by atoms with van der Waals surface area (Å²) in [5, 5.41) is 3.16. The third-order valence-corrected chi connectivity index (χ3v) is 4.73. The van der Waals surface area contributed by atoms with Gasteiger partial charge < -0.3 is 15.8 Å². The molecule has 0 aromatic heterocycles. The van der Waals surface area contributed by atoms with Crippen LogP contribution in [0, 0.1) is 11.8 Å². The van der Waals surface area contributed by atoms with Crippen LogP contribution < -0.4 is 15.8 Å². The van der Waals surface area contributed by atoms with Crippen LogP contribution in [0.25, 0.3) is 0 Å². The van der Waals surface area contributed by atoms with Crippen LogP contribution >= 0.6 is 24.0 Å². The lowest BCUT2D eigenvalue weighted by molar-refractivity contribution is 0.318. The Bertz CT molecular complexity index is 497. The van der Waals surface area contributed by atoms with Gasteiger partial charge in [0.15, 0.2) is 5.96 Å². The lowest BCUT2D eigenvalue weighted by Gasteiger charge is -2.21. The molecule has 0 aliphatic heterocycles. The van der Waals surface area contributed by atoms with E-state index in [9.17, 15) is 0 Å². The molecule has 22 heavy (non-hydrogen) atoms. The standard InChI is InChI=1S/C17H25N3O.HI/c1-21-14-9-7-13(8-10-14)19-17(18)20-16-11-15(16)12-5-3-2-4-6-12;/h7-10,12,15-16H,2-6,11H2,1H3,(H3,18,19,20);1H. The Balaban J connectivity index is 0.00000176.